The van der Waals surface area contributed by atoms with Crippen molar-refractivity contribution in [1.82, 2.24) is 4.90 Å². The normalized spacial score (nSPS) is 22.2. The maximum absolute atomic E-state index is 12.1. The highest BCUT2D eigenvalue weighted by atomic mass is 16.5. The minimum absolute atomic E-state index is 0.00725. The van der Waals surface area contributed by atoms with E-state index in [1.165, 1.54) is 0 Å². The Labute approximate surface area is 124 Å². The first-order valence-corrected chi connectivity index (χ1v) is 7.04. The van der Waals surface area contributed by atoms with Crippen LogP contribution in [0.1, 0.15) is 35.7 Å². The molecule has 0 bridgehead atoms. The summed E-state index contributed by atoms with van der Waals surface area (Å²) in [7, 11) is 0. The molecule has 6 heteroatoms. The maximum Gasteiger partial charge on any atom is 0.342 e. The number of amides is 1. The van der Waals surface area contributed by atoms with Crippen LogP contribution in [0.15, 0.2) is 10.5 Å². The van der Waals surface area contributed by atoms with Crippen LogP contribution in [0.3, 0.4) is 0 Å². The molecule has 0 radical (unpaired) electrons. The highest BCUT2D eigenvalue weighted by Crippen LogP contribution is 2.15. The monoisotopic (exact) mass is 295 g/mol. The summed E-state index contributed by atoms with van der Waals surface area (Å²) in [6, 6.07) is 1.61. The van der Waals surface area contributed by atoms with E-state index in [-0.39, 0.29) is 24.7 Å². The molecule has 1 aliphatic heterocycles. The Morgan fingerprint density at radius 1 is 1.29 bits per heavy atom. The molecule has 0 aromatic carbocycles. The lowest BCUT2D eigenvalue weighted by Crippen LogP contribution is -2.49. The molecule has 0 saturated carbocycles. The third kappa shape index (κ3) is 3.85. The number of hydrogen-bond acceptors (Lipinski definition) is 5. The van der Waals surface area contributed by atoms with Crippen molar-refractivity contribution in [3.8, 4) is 0 Å². The molecule has 116 valence electrons. The first-order chi connectivity index (χ1) is 9.86. The second-order valence-electron chi connectivity index (χ2n) is 5.46. The van der Waals surface area contributed by atoms with Crippen molar-refractivity contribution in [1.29, 1.82) is 0 Å². The molecule has 0 unspecified atom stereocenters. The molecule has 1 aromatic heterocycles. The van der Waals surface area contributed by atoms with Gasteiger partial charge in [0, 0.05) is 13.1 Å². The quantitative estimate of drug-likeness (QED) is 0.794. The molecule has 0 aliphatic carbocycles. The molecule has 1 aromatic rings. The molecule has 0 N–H and O–H groups in total. The number of carbonyl (C=O) groups is 2. The van der Waals surface area contributed by atoms with Crippen LogP contribution in [0.4, 0.5) is 0 Å². The van der Waals surface area contributed by atoms with Crippen LogP contribution in [-0.4, -0.2) is 48.7 Å². The second kappa shape index (κ2) is 6.30. The van der Waals surface area contributed by atoms with Crippen molar-refractivity contribution < 1.29 is 23.5 Å². The minimum Gasteiger partial charge on any atom is -0.466 e. The summed E-state index contributed by atoms with van der Waals surface area (Å²) >= 11 is 0. The van der Waals surface area contributed by atoms with E-state index >= 15 is 0 Å². The smallest absolute Gasteiger partial charge is 0.342 e. The van der Waals surface area contributed by atoms with Crippen LogP contribution < -0.4 is 0 Å². The van der Waals surface area contributed by atoms with E-state index in [0.717, 1.165) is 0 Å². The summed E-state index contributed by atoms with van der Waals surface area (Å²) in [6.07, 6.45) is -0.0145. The predicted octanol–water partition coefficient (Wildman–Crippen LogP) is 1.69. The molecule has 2 heterocycles. The number of hydrogen-bond donors (Lipinski definition) is 0. The fraction of sp³-hybridized carbons (Fsp3) is 0.600. The van der Waals surface area contributed by atoms with Gasteiger partial charge in [0.25, 0.3) is 5.91 Å². The zero-order chi connectivity index (χ0) is 15.6. The Morgan fingerprint density at radius 2 is 1.90 bits per heavy atom. The Morgan fingerprint density at radius 3 is 2.43 bits per heavy atom. The van der Waals surface area contributed by atoms with Crippen LogP contribution in [0, 0.1) is 13.8 Å². The highest BCUT2D eigenvalue weighted by Gasteiger charge is 2.26. The SMILES string of the molecule is Cc1cc(C(=O)OCC(=O)N2C[C@@H](C)O[C@H](C)C2)c(C)o1. The van der Waals surface area contributed by atoms with Gasteiger partial charge in [-0.2, -0.15) is 0 Å². The minimum atomic E-state index is -0.535. The first kappa shape index (κ1) is 15.6. The molecular weight excluding hydrogens is 274 g/mol. The molecule has 1 amide bonds. The molecule has 1 saturated heterocycles. The number of esters is 1. The van der Waals surface area contributed by atoms with E-state index < -0.39 is 5.97 Å². The van der Waals surface area contributed by atoms with Crippen molar-refractivity contribution in [2.24, 2.45) is 0 Å². The van der Waals surface area contributed by atoms with Crippen LogP contribution in [0.5, 0.6) is 0 Å². The summed E-state index contributed by atoms with van der Waals surface area (Å²) in [6.45, 7) is 8.05. The summed E-state index contributed by atoms with van der Waals surface area (Å²) in [4.78, 5) is 25.7. The lowest BCUT2D eigenvalue weighted by Gasteiger charge is -2.35. The number of nitrogens with zero attached hydrogens (tertiary/aromatic N) is 1. The van der Waals surface area contributed by atoms with Gasteiger partial charge in [-0.15, -0.1) is 0 Å². The predicted molar refractivity (Wildman–Crippen MR) is 75.1 cm³/mol. The van der Waals surface area contributed by atoms with Gasteiger partial charge in [0.05, 0.1) is 12.2 Å². The number of furan rings is 1. The molecule has 1 fully saturated rings. The highest BCUT2D eigenvalue weighted by molar-refractivity contribution is 5.92. The molecular formula is C15H21NO5. The third-order valence-electron chi connectivity index (χ3n) is 3.36. The van der Waals surface area contributed by atoms with Gasteiger partial charge in [0.2, 0.25) is 0 Å². The van der Waals surface area contributed by atoms with Gasteiger partial charge in [0.1, 0.15) is 17.1 Å². The van der Waals surface area contributed by atoms with Crippen molar-refractivity contribution >= 4 is 11.9 Å². The van der Waals surface area contributed by atoms with E-state index in [9.17, 15) is 9.59 Å². The topological polar surface area (TPSA) is 69.0 Å². The fourth-order valence-corrected chi connectivity index (χ4v) is 2.51. The average Bonchev–Trinajstić information content (AvgIpc) is 2.73. The van der Waals surface area contributed by atoms with Crippen LogP contribution in [-0.2, 0) is 14.3 Å². The number of morpholine rings is 1. The van der Waals surface area contributed by atoms with Crippen molar-refractivity contribution in [2.75, 3.05) is 19.7 Å². The second-order valence-corrected chi connectivity index (χ2v) is 5.46. The van der Waals surface area contributed by atoms with Gasteiger partial charge in [-0.05, 0) is 33.8 Å². The van der Waals surface area contributed by atoms with Crippen LogP contribution >= 0.6 is 0 Å². The van der Waals surface area contributed by atoms with Crippen LogP contribution in [0.2, 0.25) is 0 Å². The summed E-state index contributed by atoms with van der Waals surface area (Å²) in [5.41, 5.74) is 0.365. The molecule has 21 heavy (non-hydrogen) atoms. The Kier molecular flexibility index (Phi) is 4.67. The summed E-state index contributed by atoms with van der Waals surface area (Å²) in [5.74, 6) is 0.399. The fourth-order valence-electron chi connectivity index (χ4n) is 2.51. The van der Waals surface area contributed by atoms with E-state index in [4.69, 9.17) is 13.9 Å². The van der Waals surface area contributed by atoms with Gasteiger partial charge in [-0.1, -0.05) is 0 Å². The number of aryl methyl sites for hydroxylation is 2. The Balaban J connectivity index is 1.89. The maximum atomic E-state index is 12.1. The van der Waals surface area contributed by atoms with Gasteiger partial charge in [-0.3, -0.25) is 4.79 Å². The van der Waals surface area contributed by atoms with Crippen molar-refractivity contribution in [3.05, 3.63) is 23.2 Å². The third-order valence-corrected chi connectivity index (χ3v) is 3.36. The Bertz CT molecular complexity index is 526. The number of ether oxygens (including phenoxy) is 2. The van der Waals surface area contributed by atoms with Gasteiger partial charge in [-0.25, -0.2) is 4.79 Å². The van der Waals surface area contributed by atoms with Gasteiger partial charge in [0.15, 0.2) is 6.61 Å². The van der Waals surface area contributed by atoms with Crippen molar-refractivity contribution in [3.63, 3.8) is 0 Å². The molecule has 2 rings (SSSR count). The first-order valence-electron chi connectivity index (χ1n) is 7.04. The van der Waals surface area contributed by atoms with Crippen LogP contribution in [0.25, 0.3) is 0 Å². The van der Waals surface area contributed by atoms with Gasteiger partial charge < -0.3 is 18.8 Å². The lowest BCUT2D eigenvalue weighted by molar-refractivity contribution is -0.146. The molecule has 2 atom stereocenters. The zero-order valence-corrected chi connectivity index (χ0v) is 12.8. The molecule has 0 spiro atoms. The largest absolute Gasteiger partial charge is 0.466 e. The van der Waals surface area contributed by atoms with E-state index in [1.807, 2.05) is 13.8 Å². The average molecular weight is 295 g/mol. The van der Waals surface area contributed by atoms with E-state index in [2.05, 4.69) is 0 Å². The zero-order valence-electron chi connectivity index (χ0n) is 12.8. The number of rotatable bonds is 3. The Hall–Kier alpha value is -1.82. The summed E-state index contributed by atoms with van der Waals surface area (Å²) < 4.78 is 15.9. The lowest BCUT2D eigenvalue weighted by atomic mass is 10.2. The summed E-state index contributed by atoms with van der Waals surface area (Å²) in [5, 5.41) is 0. The number of carbonyl (C=O) groups excluding carboxylic acids is 2. The van der Waals surface area contributed by atoms with Gasteiger partial charge >= 0.3 is 5.97 Å². The van der Waals surface area contributed by atoms with Crippen molar-refractivity contribution in [2.45, 2.75) is 39.9 Å². The van der Waals surface area contributed by atoms with E-state index in [0.29, 0.717) is 30.2 Å². The molecule has 6 nitrogen and oxygen atoms in total. The molecule has 1 aliphatic rings. The standard InChI is InChI=1S/C15H21NO5/c1-9-5-13(12(4)21-9)15(18)19-8-14(17)16-6-10(2)20-11(3)7-16/h5,10-11H,6-8H2,1-4H3/t10-,11-/m1/s1. The van der Waals surface area contributed by atoms with E-state index in [1.54, 1.807) is 24.8 Å².